The van der Waals surface area contributed by atoms with Crippen LogP contribution in [0, 0.1) is 5.41 Å². The van der Waals surface area contributed by atoms with Gasteiger partial charge < -0.3 is 10.6 Å². The van der Waals surface area contributed by atoms with Gasteiger partial charge in [0, 0.05) is 19.2 Å². The Morgan fingerprint density at radius 1 is 1.25 bits per heavy atom. The quantitative estimate of drug-likeness (QED) is 0.882. The zero-order chi connectivity index (χ0) is 14.0. The first-order chi connectivity index (χ1) is 9.72. The average Bonchev–Trinajstić information content (AvgIpc) is 3.22. The molecule has 0 radical (unpaired) electrons. The van der Waals surface area contributed by atoms with Crippen LogP contribution >= 0.6 is 0 Å². The fraction of sp³-hybridized carbons (Fsp3) is 0.733. The maximum atomic E-state index is 12.2. The van der Waals surface area contributed by atoms with Crippen LogP contribution in [0.15, 0.2) is 17.1 Å². The molecule has 1 saturated carbocycles. The van der Waals surface area contributed by atoms with Gasteiger partial charge in [-0.3, -0.25) is 4.79 Å². The van der Waals surface area contributed by atoms with Gasteiger partial charge in [0.15, 0.2) is 0 Å². The highest BCUT2D eigenvalue weighted by Crippen LogP contribution is 2.49. The van der Waals surface area contributed by atoms with E-state index in [1.54, 1.807) is 10.7 Å². The Hall–Kier alpha value is -1.36. The molecule has 0 spiro atoms. The standard InChI is InChI=1S/C15H24N4O/c16-7-6-15(4-5-15)12-19-14(20)10-13(11-17-19)18-8-2-1-3-9-18/h10-11H,1-9,12,16H2. The third kappa shape index (κ3) is 2.87. The molecular formula is C15H24N4O. The number of nitrogens with zero attached hydrogens (tertiary/aromatic N) is 3. The molecule has 20 heavy (non-hydrogen) atoms. The first-order valence-electron chi connectivity index (χ1n) is 7.75. The Morgan fingerprint density at radius 3 is 2.60 bits per heavy atom. The third-order valence-corrected chi connectivity index (χ3v) is 4.69. The second-order valence-electron chi connectivity index (χ2n) is 6.30. The van der Waals surface area contributed by atoms with Crippen LogP contribution < -0.4 is 16.2 Å². The van der Waals surface area contributed by atoms with Gasteiger partial charge in [0.05, 0.1) is 18.4 Å². The average molecular weight is 276 g/mol. The molecule has 3 rings (SSSR count). The predicted molar refractivity (Wildman–Crippen MR) is 79.9 cm³/mol. The normalized spacial score (nSPS) is 20.9. The Labute approximate surface area is 119 Å². The Kier molecular flexibility index (Phi) is 3.78. The zero-order valence-corrected chi connectivity index (χ0v) is 12.1. The predicted octanol–water partition coefficient (Wildman–Crippen LogP) is 1.36. The summed E-state index contributed by atoms with van der Waals surface area (Å²) in [6.07, 6.45) is 8.91. The molecule has 0 amide bonds. The van der Waals surface area contributed by atoms with Crippen molar-refractivity contribution in [2.24, 2.45) is 11.1 Å². The molecule has 0 aromatic carbocycles. The van der Waals surface area contributed by atoms with Crippen molar-refractivity contribution >= 4 is 5.69 Å². The minimum atomic E-state index is 0.0244. The highest BCUT2D eigenvalue weighted by Gasteiger charge is 2.42. The maximum absolute atomic E-state index is 12.2. The van der Waals surface area contributed by atoms with E-state index < -0.39 is 0 Å². The molecule has 1 aliphatic carbocycles. The first-order valence-corrected chi connectivity index (χ1v) is 7.75. The second-order valence-corrected chi connectivity index (χ2v) is 6.30. The summed E-state index contributed by atoms with van der Waals surface area (Å²) in [5.41, 5.74) is 6.91. The highest BCUT2D eigenvalue weighted by atomic mass is 16.1. The van der Waals surface area contributed by atoms with Crippen LogP contribution in [0.2, 0.25) is 0 Å². The number of aromatic nitrogens is 2. The van der Waals surface area contributed by atoms with E-state index in [4.69, 9.17) is 5.73 Å². The molecule has 5 heteroatoms. The number of rotatable bonds is 5. The lowest BCUT2D eigenvalue weighted by molar-refractivity contribution is 0.365. The van der Waals surface area contributed by atoms with E-state index in [9.17, 15) is 4.79 Å². The lowest BCUT2D eigenvalue weighted by atomic mass is 10.0. The van der Waals surface area contributed by atoms with Crippen LogP contribution in [0.4, 0.5) is 5.69 Å². The van der Waals surface area contributed by atoms with Crippen LogP contribution in [0.1, 0.15) is 38.5 Å². The summed E-state index contributed by atoms with van der Waals surface area (Å²) in [5, 5.41) is 4.38. The topological polar surface area (TPSA) is 64.2 Å². The van der Waals surface area contributed by atoms with E-state index in [1.165, 1.54) is 32.1 Å². The molecule has 2 N–H and O–H groups in total. The van der Waals surface area contributed by atoms with Crippen molar-refractivity contribution < 1.29 is 0 Å². The van der Waals surface area contributed by atoms with Crippen LogP contribution in [0.5, 0.6) is 0 Å². The number of anilines is 1. The monoisotopic (exact) mass is 276 g/mol. The van der Waals surface area contributed by atoms with Crippen LogP contribution in [0.25, 0.3) is 0 Å². The summed E-state index contributed by atoms with van der Waals surface area (Å²) >= 11 is 0. The van der Waals surface area contributed by atoms with Gasteiger partial charge in [-0.15, -0.1) is 0 Å². The van der Waals surface area contributed by atoms with E-state index in [2.05, 4.69) is 10.00 Å². The van der Waals surface area contributed by atoms with Gasteiger partial charge in [0.1, 0.15) is 0 Å². The summed E-state index contributed by atoms with van der Waals surface area (Å²) in [7, 11) is 0. The van der Waals surface area contributed by atoms with Crippen LogP contribution in [-0.4, -0.2) is 29.4 Å². The van der Waals surface area contributed by atoms with Crippen molar-refractivity contribution in [1.29, 1.82) is 0 Å². The van der Waals surface area contributed by atoms with E-state index in [0.717, 1.165) is 31.7 Å². The van der Waals surface area contributed by atoms with Crippen molar-refractivity contribution in [3.8, 4) is 0 Å². The molecule has 5 nitrogen and oxygen atoms in total. The third-order valence-electron chi connectivity index (χ3n) is 4.69. The Morgan fingerprint density at radius 2 is 2.00 bits per heavy atom. The van der Waals surface area contributed by atoms with Gasteiger partial charge in [0.2, 0.25) is 0 Å². The van der Waals surface area contributed by atoms with Crippen LogP contribution in [-0.2, 0) is 6.54 Å². The van der Waals surface area contributed by atoms with Crippen LogP contribution in [0.3, 0.4) is 0 Å². The molecule has 1 saturated heterocycles. The fourth-order valence-corrected chi connectivity index (χ4v) is 3.16. The van der Waals surface area contributed by atoms with Gasteiger partial charge >= 0.3 is 0 Å². The molecule has 1 aromatic rings. The van der Waals surface area contributed by atoms with Crippen molar-refractivity contribution in [3.05, 3.63) is 22.6 Å². The molecular weight excluding hydrogens is 252 g/mol. The fourth-order valence-electron chi connectivity index (χ4n) is 3.16. The molecule has 1 aliphatic heterocycles. The molecule has 0 bridgehead atoms. The molecule has 0 unspecified atom stereocenters. The van der Waals surface area contributed by atoms with E-state index in [0.29, 0.717) is 6.54 Å². The molecule has 110 valence electrons. The highest BCUT2D eigenvalue weighted by molar-refractivity contribution is 5.43. The summed E-state index contributed by atoms with van der Waals surface area (Å²) in [5.74, 6) is 0. The van der Waals surface area contributed by atoms with Gasteiger partial charge in [-0.1, -0.05) is 0 Å². The summed E-state index contributed by atoms with van der Waals surface area (Å²) < 4.78 is 1.62. The Balaban J connectivity index is 1.72. The second kappa shape index (κ2) is 5.56. The summed E-state index contributed by atoms with van der Waals surface area (Å²) in [4.78, 5) is 14.5. The lowest BCUT2D eigenvalue weighted by Crippen LogP contribution is -2.33. The molecule has 1 aromatic heterocycles. The van der Waals surface area contributed by atoms with Gasteiger partial charge in [-0.25, -0.2) is 4.68 Å². The van der Waals surface area contributed by atoms with Crippen molar-refractivity contribution in [1.82, 2.24) is 9.78 Å². The largest absolute Gasteiger partial charge is 0.370 e. The molecule has 2 aliphatic rings. The minimum absolute atomic E-state index is 0.0244. The molecule has 2 fully saturated rings. The van der Waals surface area contributed by atoms with Crippen molar-refractivity contribution in [2.75, 3.05) is 24.5 Å². The smallest absolute Gasteiger partial charge is 0.268 e. The van der Waals surface area contributed by atoms with Crippen molar-refractivity contribution in [2.45, 2.75) is 45.1 Å². The SMILES string of the molecule is NCCC1(Cn2ncc(N3CCCCC3)cc2=O)CC1. The number of hydrogen-bond acceptors (Lipinski definition) is 4. The first kappa shape index (κ1) is 13.6. The van der Waals surface area contributed by atoms with Crippen molar-refractivity contribution in [3.63, 3.8) is 0 Å². The van der Waals surface area contributed by atoms with Gasteiger partial charge in [0.25, 0.3) is 5.56 Å². The van der Waals surface area contributed by atoms with E-state index in [1.807, 2.05) is 6.20 Å². The summed E-state index contributed by atoms with van der Waals surface area (Å²) in [6, 6.07) is 1.75. The lowest BCUT2D eigenvalue weighted by Gasteiger charge is -2.28. The van der Waals surface area contributed by atoms with Gasteiger partial charge in [-0.05, 0) is 50.5 Å². The molecule has 2 heterocycles. The number of piperidine rings is 1. The maximum Gasteiger partial charge on any atom is 0.268 e. The van der Waals surface area contributed by atoms with E-state index >= 15 is 0 Å². The van der Waals surface area contributed by atoms with E-state index in [-0.39, 0.29) is 11.0 Å². The van der Waals surface area contributed by atoms with Gasteiger partial charge in [-0.2, -0.15) is 5.10 Å². The number of nitrogens with two attached hydrogens (primary N) is 1. The summed E-state index contributed by atoms with van der Waals surface area (Å²) in [6.45, 7) is 3.51. The minimum Gasteiger partial charge on any atom is -0.370 e. The Bertz CT molecular complexity index is 515. The zero-order valence-electron chi connectivity index (χ0n) is 12.1. The number of hydrogen-bond donors (Lipinski definition) is 1. The molecule has 0 atom stereocenters.